The summed E-state index contributed by atoms with van der Waals surface area (Å²) in [6.07, 6.45) is 0. The van der Waals surface area contributed by atoms with Gasteiger partial charge in [-0.3, -0.25) is 0 Å². The molecule has 0 heterocycles. The molecule has 0 saturated heterocycles. The SMILES string of the molecule is CCN(Cc1cc(O)ccc1Cl)c1ccccc1Cl. The Morgan fingerprint density at radius 2 is 1.79 bits per heavy atom. The number of aromatic hydroxyl groups is 1. The van der Waals surface area contributed by atoms with Gasteiger partial charge in [-0.15, -0.1) is 0 Å². The summed E-state index contributed by atoms with van der Waals surface area (Å²) in [6, 6.07) is 12.7. The van der Waals surface area contributed by atoms with Gasteiger partial charge in [-0.25, -0.2) is 0 Å². The van der Waals surface area contributed by atoms with E-state index >= 15 is 0 Å². The molecular formula is C15H15Cl2NO. The molecule has 0 fully saturated rings. The molecule has 0 atom stereocenters. The standard InChI is InChI=1S/C15H15Cl2NO/c1-2-18(15-6-4-3-5-14(15)17)10-11-9-12(19)7-8-13(11)16/h3-9,19H,2,10H2,1H3. The number of hydrogen-bond acceptors (Lipinski definition) is 2. The maximum Gasteiger partial charge on any atom is 0.116 e. The zero-order valence-corrected chi connectivity index (χ0v) is 12.1. The van der Waals surface area contributed by atoms with Crippen LogP contribution in [0.15, 0.2) is 42.5 Å². The molecule has 0 aliphatic carbocycles. The molecule has 2 nitrogen and oxygen atoms in total. The summed E-state index contributed by atoms with van der Waals surface area (Å²) < 4.78 is 0. The molecule has 0 unspecified atom stereocenters. The highest BCUT2D eigenvalue weighted by Gasteiger charge is 2.11. The lowest BCUT2D eigenvalue weighted by atomic mass is 10.2. The minimum Gasteiger partial charge on any atom is -0.508 e. The average molecular weight is 296 g/mol. The molecule has 2 aromatic carbocycles. The van der Waals surface area contributed by atoms with Crippen molar-refractivity contribution >= 4 is 28.9 Å². The van der Waals surface area contributed by atoms with Crippen LogP contribution < -0.4 is 4.90 Å². The summed E-state index contributed by atoms with van der Waals surface area (Å²) in [5, 5.41) is 10.9. The minimum atomic E-state index is 0.217. The highest BCUT2D eigenvalue weighted by atomic mass is 35.5. The van der Waals surface area contributed by atoms with Gasteiger partial charge in [0.1, 0.15) is 5.75 Å². The Balaban J connectivity index is 2.29. The summed E-state index contributed by atoms with van der Waals surface area (Å²) in [5.41, 5.74) is 1.84. The third kappa shape index (κ3) is 3.34. The molecule has 0 radical (unpaired) electrons. The molecule has 0 aliphatic rings. The summed E-state index contributed by atoms with van der Waals surface area (Å²) in [7, 11) is 0. The van der Waals surface area contributed by atoms with Gasteiger partial charge in [0.15, 0.2) is 0 Å². The average Bonchev–Trinajstić information content (AvgIpc) is 2.41. The molecule has 19 heavy (non-hydrogen) atoms. The summed E-state index contributed by atoms with van der Waals surface area (Å²) in [5.74, 6) is 0.217. The van der Waals surface area contributed by atoms with E-state index in [2.05, 4.69) is 11.8 Å². The molecule has 1 N–H and O–H groups in total. The lowest BCUT2D eigenvalue weighted by Gasteiger charge is -2.24. The Morgan fingerprint density at radius 1 is 1.05 bits per heavy atom. The smallest absolute Gasteiger partial charge is 0.116 e. The van der Waals surface area contributed by atoms with Crippen LogP contribution in [0.5, 0.6) is 5.75 Å². The van der Waals surface area contributed by atoms with E-state index in [0.29, 0.717) is 16.6 Å². The number of phenols is 1. The number of nitrogens with zero attached hydrogens (tertiary/aromatic N) is 1. The number of halogens is 2. The van der Waals surface area contributed by atoms with E-state index in [9.17, 15) is 5.11 Å². The molecule has 2 aromatic rings. The van der Waals surface area contributed by atoms with Crippen LogP contribution in [0.2, 0.25) is 10.0 Å². The van der Waals surface area contributed by atoms with Crippen LogP contribution >= 0.6 is 23.2 Å². The second-order valence-corrected chi connectivity index (χ2v) is 5.06. The second-order valence-electron chi connectivity index (χ2n) is 4.24. The van der Waals surface area contributed by atoms with E-state index in [1.807, 2.05) is 24.3 Å². The number of rotatable bonds is 4. The van der Waals surface area contributed by atoms with Crippen molar-refractivity contribution < 1.29 is 5.11 Å². The van der Waals surface area contributed by atoms with Crippen molar-refractivity contribution in [3.63, 3.8) is 0 Å². The predicted molar refractivity (Wildman–Crippen MR) is 81.3 cm³/mol. The van der Waals surface area contributed by atoms with Gasteiger partial charge in [0.25, 0.3) is 0 Å². The third-order valence-corrected chi connectivity index (χ3v) is 3.65. The van der Waals surface area contributed by atoms with Crippen LogP contribution in [-0.4, -0.2) is 11.7 Å². The number of benzene rings is 2. The molecule has 0 spiro atoms. The normalized spacial score (nSPS) is 10.5. The molecule has 0 aliphatic heterocycles. The van der Waals surface area contributed by atoms with Crippen molar-refractivity contribution in [1.82, 2.24) is 0 Å². The number of hydrogen-bond donors (Lipinski definition) is 1. The maximum atomic E-state index is 9.55. The Kier molecular flexibility index (Phi) is 4.56. The van der Waals surface area contributed by atoms with Gasteiger partial charge in [0.05, 0.1) is 10.7 Å². The molecule has 2 rings (SSSR count). The zero-order valence-electron chi connectivity index (χ0n) is 10.6. The fraction of sp³-hybridized carbons (Fsp3) is 0.200. The Labute approximate surface area is 123 Å². The topological polar surface area (TPSA) is 23.5 Å². The summed E-state index contributed by atoms with van der Waals surface area (Å²) in [6.45, 7) is 3.46. The lowest BCUT2D eigenvalue weighted by molar-refractivity contribution is 0.474. The van der Waals surface area contributed by atoms with E-state index in [1.54, 1.807) is 18.2 Å². The van der Waals surface area contributed by atoms with Crippen LogP contribution in [0.3, 0.4) is 0 Å². The van der Waals surface area contributed by atoms with Crippen molar-refractivity contribution in [2.45, 2.75) is 13.5 Å². The van der Waals surface area contributed by atoms with Gasteiger partial charge >= 0.3 is 0 Å². The van der Waals surface area contributed by atoms with Crippen molar-refractivity contribution in [3.05, 3.63) is 58.1 Å². The van der Waals surface area contributed by atoms with Crippen molar-refractivity contribution in [3.8, 4) is 5.75 Å². The lowest BCUT2D eigenvalue weighted by Crippen LogP contribution is -2.22. The van der Waals surface area contributed by atoms with Gasteiger partial charge in [-0.2, -0.15) is 0 Å². The largest absolute Gasteiger partial charge is 0.508 e. The van der Waals surface area contributed by atoms with Crippen molar-refractivity contribution in [2.75, 3.05) is 11.4 Å². The van der Waals surface area contributed by atoms with E-state index in [4.69, 9.17) is 23.2 Å². The quantitative estimate of drug-likeness (QED) is 0.882. The van der Waals surface area contributed by atoms with Gasteiger partial charge in [-0.1, -0.05) is 35.3 Å². The number of phenolic OH excluding ortho intramolecular Hbond substituents is 1. The molecule has 0 aromatic heterocycles. The Bertz CT molecular complexity index is 572. The van der Waals surface area contributed by atoms with Crippen LogP contribution in [0.1, 0.15) is 12.5 Å². The maximum absolute atomic E-state index is 9.55. The monoisotopic (exact) mass is 295 g/mol. The summed E-state index contributed by atoms with van der Waals surface area (Å²) >= 11 is 12.4. The van der Waals surface area contributed by atoms with Crippen LogP contribution in [0.4, 0.5) is 5.69 Å². The molecule has 0 saturated carbocycles. The molecule has 4 heteroatoms. The first-order valence-corrected chi connectivity index (χ1v) is 6.84. The minimum absolute atomic E-state index is 0.217. The number of para-hydroxylation sites is 1. The predicted octanol–water partition coefficient (Wildman–Crippen LogP) is 4.73. The summed E-state index contributed by atoms with van der Waals surface area (Å²) in [4.78, 5) is 2.11. The van der Waals surface area contributed by atoms with Crippen molar-refractivity contribution in [1.29, 1.82) is 0 Å². The first-order valence-electron chi connectivity index (χ1n) is 6.08. The molecule has 100 valence electrons. The number of anilines is 1. The fourth-order valence-corrected chi connectivity index (χ4v) is 2.40. The Morgan fingerprint density at radius 3 is 2.47 bits per heavy atom. The van der Waals surface area contributed by atoms with Crippen LogP contribution in [0.25, 0.3) is 0 Å². The van der Waals surface area contributed by atoms with E-state index in [-0.39, 0.29) is 5.75 Å². The van der Waals surface area contributed by atoms with Crippen molar-refractivity contribution in [2.24, 2.45) is 0 Å². The zero-order chi connectivity index (χ0) is 13.8. The van der Waals surface area contributed by atoms with Gasteiger partial charge in [0, 0.05) is 18.1 Å². The molecule has 0 bridgehead atoms. The van der Waals surface area contributed by atoms with Gasteiger partial charge < -0.3 is 10.0 Å². The third-order valence-electron chi connectivity index (χ3n) is 2.97. The van der Waals surface area contributed by atoms with E-state index in [1.165, 1.54) is 0 Å². The first kappa shape index (κ1) is 14.0. The van der Waals surface area contributed by atoms with E-state index in [0.717, 1.165) is 17.8 Å². The molecule has 0 amide bonds. The van der Waals surface area contributed by atoms with Gasteiger partial charge in [0.2, 0.25) is 0 Å². The van der Waals surface area contributed by atoms with Crippen LogP contribution in [0, 0.1) is 0 Å². The Hall–Kier alpha value is -1.38. The highest BCUT2D eigenvalue weighted by Crippen LogP contribution is 2.29. The molecular weight excluding hydrogens is 281 g/mol. The highest BCUT2D eigenvalue weighted by molar-refractivity contribution is 6.33. The fourth-order valence-electron chi connectivity index (χ4n) is 1.96. The second kappa shape index (κ2) is 6.18. The van der Waals surface area contributed by atoms with Gasteiger partial charge in [-0.05, 0) is 42.8 Å². The first-order chi connectivity index (χ1) is 9.11. The van der Waals surface area contributed by atoms with Crippen LogP contribution in [-0.2, 0) is 6.54 Å². The van der Waals surface area contributed by atoms with E-state index < -0.39 is 0 Å².